The lowest BCUT2D eigenvalue weighted by Crippen LogP contribution is -2.13. The number of hydrogen-bond donors (Lipinski definition) is 1. The van der Waals surface area contributed by atoms with Gasteiger partial charge in [-0.3, -0.25) is 9.78 Å². The predicted octanol–water partition coefficient (Wildman–Crippen LogP) is 4.98. The van der Waals surface area contributed by atoms with E-state index in [0.29, 0.717) is 22.9 Å². The molecule has 2 heterocycles. The molecule has 0 atom stereocenters. The summed E-state index contributed by atoms with van der Waals surface area (Å²) in [5.41, 5.74) is 3.01. The number of pyridine rings is 2. The number of nitrogens with one attached hydrogen (secondary N) is 1. The number of fused-ring (bicyclic) bond motifs is 1. The van der Waals surface area contributed by atoms with Gasteiger partial charge in [-0.05, 0) is 61.5 Å². The molecule has 0 saturated heterocycles. The second-order valence-corrected chi connectivity index (χ2v) is 6.16. The highest BCUT2D eigenvalue weighted by atomic mass is 16.5. The van der Waals surface area contributed by atoms with Gasteiger partial charge in [-0.15, -0.1) is 0 Å². The summed E-state index contributed by atoms with van der Waals surface area (Å²) in [5.74, 6) is 1.07. The van der Waals surface area contributed by atoms with E-state index in [1.165, 1.54) is 0 Å². The lowest BCUT2D eigenvalue weighted by atomic mass is 10.1. The quantitative estimate of drug-likeness (QED) is 0.560. The van der Waals surface area contributed by atoms with E-state index in [-0.39, 0.29) is 5.91 Å². The summed E-state index contributed by atoms with van der Waals surface area (Å²) in [6.07, 6.45) is 3.33. The van der Waals surface area contributed by atoms with E-state index in [0.717, 1.165) is 16.5 Å². The van der Waals surface area contributed by atoms with Gasteiger partial charge in [0.1, 0.15) is 17.2 Å². The standard InChI is InChI=1S/C22H17N3O2/c1-15-4-10-20-16(13-15)5-11-21(25-20)22(26)24-17-6-8-18(9-7-17)27-19-3-2-12-23-14-19/h2-14H,1H3,(H,24,26). The molecular weight excluding hydrogens is 338 g/mol. The fourth-order valence-electron chi connectivity index (χ4n) is 2.72. The highest BCUT2D eigenvalue weighted by Gasteiger charge is 2.09. The zero-order valence-electron chi connectivity index (χ0n) is 14.7. The first kappa shape index (κ1) is 16.7. The van der Waals surface area contributed by atoms with Crippen molar-refractivity contribution in [1.82, 2.24) is 9.97 Å². The van der Waals surface area contributed by atoms with Crippen molar-refractivity contribution in [2.75, 3.05) is 5.32 Å². The minimum absolute atomic E-state index is 0.251. The number of benzene rings is 2. The van der Waals surface area contributed by atoms with Crippen LogP contribution >= 0.6 is 0 Å². The smallest absolute Gasteiger partial charge is 0.274 e. The molecule has 0 radical (unpaired) electrons. The molecule has 5 nitrogen and oxygen atoms in total. The molecule has 0 bridgehead atoms. The first-order chi connectivity index (χ1) is 13.2. The number of carbonyl (C=O) groups is 1. The van der Waals surface area contributed by atoms with Crippen molar-refractivity contribution < 1.29 is 9.53 Å². The molecule has 2 aromatic carbocycles. The van der Waals surface area contributed by atoms with Crippen molar-refractivity contribution in [2.24, 2.45) is 0 Å². The van der Waals surface area contributed by atoms with E-state index in [1.807, 2.05) is 43.3 Å². The van der Waals surface area contributed by atoms with Crippen molar-refractivity contribution in [3.8, 4) is 11.5 Å². The maximum atomic E-state index is 12.5. The van der Waals surface area contributed by atoms with Gasteiger partial charge in [0.15, 0.2) is 0 Å². The lowest BCUT2D eigenvalue weighted by molar-refractivity contribution is 0.102. The van der Waals surface area contributed by atoms with Crippen LogP contribution in [0.25, 0.3) is 10.9 Å². The Kier molecular flexibility index (Phi) is 4.49. The highest BCUT2D eigenvalue weighted by molar-refractivity contribution is 6.04. The third kappa shape index (κ3) is 3.93. The van der Waals surface area contributed by atoms with Crippen LogP contribution in [0.15, 0.2) is 79.1 Å². The van der Waals surface area contributed by atoms with Crippen molar-refractivity contribution in [2.45, 2.75) is 6.92 Å². The van der Waals surface area contributed by atoms with Crippen LogP contribution in [0.1, 0.15) is 16.1 Å². The molecule has 1 N–H and O–H groups in total. The van der Waals surface area contributed by atoms with Gasteiger partial charge in [0, 0.05) is 17.3 Å². The Morgan fingerprint density at radius 1 is 0.963 bits per heavy atom. The van der Waals surface area contributed by atoms with Crippen LogP contribution in [0.3, 0.4) is 0 Å². The molecule has 4 rings (SSSR count). The molecule has 0 spiro atoms. The van der Waals surface area contributed by atoms with Gasteiger partial charge in [0.05, 0.1) is 11.7 Å². The maximum absolute atomic E-state index is 12.5. The Hall–Kier alpha value is -3.73. The molecule has 0 aliphatic heterocycles. The molecule has 0 aliphatic carbocycles. The van der Waals surface area contributed by atoms with Crippen LogP contribution in [0.5, 0.6) is 11.5 Å². The van der Waals surface area contributed by atoms with Gasteiger partial charge in [-0.2, -0.15) is 0 Å². The van der Waals surface area contributed by atoms with E-state index < -0.39 is 0 Å². The highest BCUT2D eigenvalue weighted by Crippen LogP contribution is 2.22. The van der Waals surface area contributed by atoms with Crippen molar-refractivity contribution in [3.63, 3.8) is 0 Å². The van der Waals surface area contributed by atoms with Crippen LogP contribution in [-0.4, -0.2) is 15.9 Å². The summed E-state index contributed by atoms with van der Waals surface area (Å²) in [5, 5.41) is 3.87. The number of aromatic nitrogens is 2. The first-order valence-electron chi connectivity index (χ1n) is 8.54. The second-order valence-electron chi connectivity index (χ2n) is 6.16. The third-order valence-electron chi connectivity index (χ3n) is 4.06. The van der Waals surface area contributed by atoms with Crippen LogP contribution in [0.4, 0.5) is 5.69 Å². The molecule has 4 aromatic rings. The average Bonchev–Trinajstić information content (AvgIpc) is 2.70. The molecule has 132 valence electrons. The van der Waals surface area contributed by atoms with Crippen LogP contribution in [-0.2, 0) is 0 Å². The number of carbonyl (C=O) groups excluding carboxylic acids is 1. The van der Waals surface area contributed by atoms with E-state index in [4.69, 9.17) is 4.74 Å². The number of ether oxygens (including phenoxy) is 1. The third-order valence-corrected chi connectivity index (χ3v) is 4.06. The van der Waals surface area contributed by atoms with Crippen LogP contribution in [0.2, 0.25) is 0 Å². The van der Waals surface area contributed by atoms with E-state index >= 15 is 0 Å². The lowest BCUT2D eigenvalue weighted by Gasteiger charge is -2.08. The molecule has 0 saturated carbocycles. The normalized spacial score (nSPS) is 10.6. The zero-order chi connectivity index (χ0) is 18.6. The number of amides is 1. The fraction of sp³-hybridized carbons (Fsp3) is 0.0455. The molecule has 27 heavy (non-hydrogen) atoms. The summed E-state index contributed by atoms with van der Waals surface area (Å²) in [4.78, 5) is 20.9. The van der Waals surface area contributed by atoms with Crippen LogP contribution in [0, 0.1) is 6.92 Å². The molecule has 0 fully saturated rings. The van der Waals surface area contributed by atoms with E-state index in [1.54, 1.807) is 42.7 Å². The van der Waals surface area contributed by atoms with Gasteiger partial charge in [-0.25, -0.2) is 4.98 Å². The van der Waals surface area contributed by atoms with Crippen molar-refractivity contribution in [3.05, 3.63) is 90.4 Å². The minimum atomic E-state index is -0.251. The van der Waals surface area contributed by atoms with Gasteiger partial charge in [-0.1, -0.05) is 17.7 Å². The summed E-state index contributed by atoms with van der Waals surface area (Å²) in [7, 11) is 0. The molecular formula is C22H17N3O2. The minimum Gasteiger partial charge on any atom is -0.456 e. The summed E-state index contributed by atoms with van der Waals surface area (Å²) >= 11 is 0. The summed E-state index contributed by atoms with van der Waals surface area (Å²) in [6, 6.07) is 20.4. The average molecular weight is 355 g/mol. The largest absolute Gasteiger partial charge is 0.456 e. The molecule has 0 aliphatic rings. The fourth-order valence-corrected chi connectivity index (χ4v) is 2.72. The molecule has 0 unspecified atom stereocenters. The number of nitrogens with zero attached hydrogens (tertiary/aromatic N) is 2. The van der Waals surface area contributed by atoms with Gasteiger partial charge in [0.2, 0.25) is 0 Å². The Bertz CT molecular complexity index is 1090. The monoisotopic (exact) mass is 355 g/mol. The SMILES string of the molecule is Cc1ccc2nc(C(=O)Nc3ccc(Oc4cccnc4)cc3)ccc2c1. The van der Waals surface area contributed by atoms with Gasteiger partial charge in [0.25, 0.3) is 5.91 Å². The Labute approximate surface area is 156 Å². The number of aryl methyl sites for hydroxylation is 1. The van der Waals surface area contributed by atoms with Crippen molar-refractivity contribution in [1.29, 1.82) is 0 Å². The van der Waals surface area contributed by atoms with Gasteiger partial charge < -0.3 is 10.1 Å². The number of anilines is 1. The van der Waals surface area contributed by atoms with Gasteiger partial charge >= 0.3 is 0 Å². The topological polar surface area (TPSA) is 64.1 Å². The Balaban J connectivity index is 1.47. The van der Waals surface area contributed by atoms with E-state index in [2.05, 4.69) is 15.3 Å². The van der Waals surface area contributed by atoms with Crippen molar-refractivity contribution >= 4 is 22.5 Å². The summed E-state index contributed by atoms with van der Waals surface area (Å²) < 4.78 is 5.69. The Morgan fingerprint density at radius 3 is 2.59 bits per heavy atom. The second kappa shape index (κ2) is 7.25. The molecule has 2 aromatic heterocycles. The molecule has 5 heteroatoms. The molecule has 1 amide bonds. The summed E-state index contributed by atoms with van der Waals surface area (Å²) in [6.45, 7) is 2.03. The number of rotatable bonds is 4. The van der Waals surface area contributed by atoms with E-state index in [9.17, 15) is 4.79 Å². The zero-order valence-corrected chi connectivity index (χ0v) is 14.7. The maximum Gasteiger partial charge on any atom is 0.274 e. The number of hydrogen-bond acceptors (Lipinski definition) is 4. The first-order valence-corrected chi connectivity index (χ1v) is 8.54. The van der Waals surface area contributed by atoms with Crippen LogP contribution < -0.4 is 10.1 Å². The Morgan fingerprint density at radius 2 is 1.81 bits per heavy atom. The predicted molar refractivity (Wildman–Crippen MR) is 105 cm³/mol.